The van der Waals surface area contributed by atoms with Crippen molar-refractivity contribution < 1.29 is 39.6 Å². The van der Waals surface area contributed by atoms with Crippen LogP contribution in [0.4, 0.5) is 32.0 Å². The number of anilines is 1. The maximum Gasteiger partial charge on any atom is 0.471 e. The third-order valence-electron chi connectivity index (χ3n) is 4.51. The van der Waals surface area contributed by atoms with E-state index in [1.54, 1.807) is 0 Å². The van der Waals surface area contributed by atoms with E-state index in [-0.39, 0.29) is 18.5 Å². The fourth-order valence-electron chi connectivity index (χ4n) is 3.08. The lowest BCUT2D eigenvalue weighted by Crippen LogP contribution is -2.43. The van der Waals surface area contributed by atoms with Crippen LogP contribution in [0, 0.1) is 0 Å². The average molecular weight is 452 g/mol. The van der Waals surface area contributed by atoms with E-state index in [1.165, 1.54) is 12.1 Å². The number of halogens is 6. The quantitative estimate of drug-likeness (QED) is 0.718. The molecule has 3 rings (SSSR count). The summed E-state index contributed by atoms with van der Waals surface area (Å²) in [6.07, 6.45) is -9.78. The van der Waals surface area contributed by atoms with Gasteiger partial charge in [-0.3, -0.25) is 9.52 Å². The molecular formula is C18H14F6N2O3S. The predicted octanol–water partition coefficient (Wildman–Crippen LogP) is 3.95. The maximum atomic E-state index is 13.1. The molecule has 1 amide bonds. The zero-order valence-corrected chi connectivity index (χ0v) is 15.8. The molecule has 2 aromatic carbocycles. The van der Waals surface area contributed by atoms with Crippen molar-refractivity contribution in [2.24, 2.45) is 0 Å². The van der Waals surface area contributed by atoms with Gasteiger partial charge in [0.1, 0.15) is 0 Å². The minimum Gasteiger partial charge on any atom is -0.330 e. The third kappa shape index (κ3) is 4.53. The van der Waals surface area contributed by atoms with Crippen LogP contribution in [0.5, 0.6) is 0 Å². The van der Waals surface area contributed by atoms with Crippen LogP contribution in [0.2, 0.25) is 0 Å². The van der Waals surface area contributed by atoms with E-state index in [0.29, 0.717) is 16.5 Å². The molecule has 0 bridgehead atoms. The van der Waals surface area contributed by atoms with Gasteiger partial charge < -0.3 is 4.90 Å². The predicted molar refractivity (Wildman–Crippen MR) is 93.9 cm³/mol. The van der Waals surface area contributed by atoms with Crippen LogP contribution in [0.3, 0.4) is 0 Å². The van der Waals surface area contributed by atoms with Crippen LogP contribution in [0.25, 0.3) is 0 Å². The van der Waals surface area contributed by atoms with Crippen molar-refractivity contribution in [3.8, 4) is 0 Å². The lowest BCUT2D eigenvalue weighted by atomic mass is 10.00. The number of nitrogens with one attached hydrogen (secondary N) is 1. The molecule has 0 fully saturated rings. The molecule has 1 aliphatic heterocycles. The van der Waals surface area contributed by atoms with Crippen molar-refractivity contribution in [1.29, 1.82) is 0 Å². The van der Waals surface area contributed by atoms with Gasteiger partial charge in [0.05, 0.1) is 16.1 Å². The van der Waals surface area contributed by atoms with E-state index in [9.17, 15) is 39.6 Å². The second-order valence-corrected chi connectivity index (χ2v) is 8.24. The largest absolute Gasteiger partial charge is 0.471 e. The summed E-state index contributed by atoms with van der Waals surface area (Å²) in [7, 11) is -4.47. The van der Waals surface area contributed by atoms with Crippen molar-refractivity contribution in [2.75, 3.05) is 11.3 Å². The Morgan fingerprint density at radius 1 is 0.967 bits per heavy atom. The number of hydrogen-bond acceptors (Lipinski definition) is 3. The Hall–Kier alpha value is -2.76. The second-order valence-electron chi connectivity index (χ2n) is 6.55. The number of sulfonamides is 1. The Morgan fingerprint density at radius 3 is 2.27 bits per heavy atom. The van der Waals surface area contributed by atoms with Crippen molar-refractivity contribution >= 4 is 21.6 Å². The Kier molecular flexibility index (Phi) is 5.48. The number of amides is 1. The summed E-state index contributed by atoms with van der Waals surface area (Å²) in [4.78, 5) is 11.6. The fourth-order valence-corrected chi connectivity index (χ4v) is 4.21. The van der Waals surface area contributed by atoms with Crippen LogP contribution < -0.4 is 4.72 Å². The van der Waals surface area contributed by atoms with Gasteiger partial charge in [-0.1, -0.05) is 18.2 Å². The van der Waals surface area contributed by atoms with E-state index in [1.807, 2.05) is 4.72 Å². The van der Waals surface area contributed by atoms with Gasteiger partial charge in [-0.2, -0.15) is 26.3 Å². The first-order chi connectivity index (χ1) is 13.8. The topological polar surface area (TPSA) is 66.5 Å². The molecule has 0 radical (unpaired) electrons. The molecular weight excluding hydrogens is 438 g/mol. The Balaban J connectivity index is 1.90. The first-order valence-corrected chi connectivity index (χ1v) is 9.94. The molecule has 5 nitrogen and oxygen atoms in total. The van der Waals surface area contributed by atoms with Gasteiger partial charge >= 0.3 is 18.3 Å². The molecule has 1 aliphatic rings. The Labute approximate surface area is 167 Å². The average Bonchev–Trinajstić information content (AvgIpc) is 2.65. The first kappa shape index (κ1) is 21.9. The lowest BCUT2D eigenvalue weighted by molar-refractivity contribution is -0.186. The first-order valence-electron chi connectivity index (χ1n) is 8.46. The number of carbonyl (C=O) groups excluding carboxylic acids is 1. The van der Waals surface area contributed by atoms with E-state index in [4.69, 9.17) is 0 Å². The summed E-state index contributed by atoms with van der Waals surface area (Å²) in [5.41, 5.74) is -1.15. The molecule has 0 spiro atoms. The lowest BCUT2D eigenvalue weighted by Gasteiger charge is -2.29. The van der Waals surface area contributed by atoms with Crippen molar-refractivity contribution in [2.45, 2.75) is 30.2 Å². The molecule has 0 unspecified atom stereocenters. The molecule has 0 aliphatic carbocycles. The van der Waals surface area contributed by atoms with Gasteiger partial charge in [0.25, 0.3) is 10.0 Å². The van der Waals surface area contributed by atoms with Gasteiger partial charge in [0.2, 0.25) is 0 Å². The molecule has 1 heterocycles. The number of rotatable bonds is 3. The zero-order chi connectivity index (χ0) is 22.3. The number of benzene rings is 2. The van der Waals surface area contributed by atoms with Gasteiger partial charge in [0.15, 0.2) is 0 Å². The summed E-state index contributed by atoms with van der Waals surface area (Å²) in [5, 5.41) is 0. The highest BCUT2D eigenvalue weighted by molar-refractivity contribution is 7.92. The molecule has 2 aromatic rings. The molecule has 12 heteroatoms. The maximum absolute atomic E-state index is 13.1. The molecule has 1 N–H and O–H groups in total. The van der Waals surface area contributed by atoms with Gasteiger partial charge in [0, 0.05) is 13.1 Å². The molecule has 0 atom stereocenters. The normalized spacial score (nSPS) is 14.9. The number of hydrogen-bond donors (Lipinski definition) is 1. The molecule has 162 valence electrons. The summed E-state index contributed by atoms with van der Waals surface area (Å²) >= 11 is 0. The smallest absolute Gasteiger partial charge is 0.330 e. The van der Waals surface area contributed by atoms with Crippen LogP contribution >= 0.6 is 0 Å². The summed E-state index contributed by atoms with van der Waals surface area (Å²) in [6.45, 7) is -0.648. The van der Waals surface area contributed by atoms with E-state index in [2.05, 4.69) is 0 Å². The molecule has 0 aromatic heterocycles. The highest BCUT2D eigenvalue weighted by atomic mass is 32.2. The molecule has 30 heavy (non-hydrogen) atoms. The van der Waals surface area contributed by atoms with Gasteiger partial charge in [-0.25, -0.2) is 8.42 Å². The molecule has 0 saturated carbocycles. The minimum absolute atomic E-state index is 0.0851. The van der Waals surface area contributed by atoms with E-state index >= 15 is 0 Å². The van der Waals surface area contributed by atoms with E-state index in [0.717, 1.165) is 24.3 Å². The van der Waals surface area contributed by atoms with Crippen LogP contribution in [0.15, 0.2) is 47.4 Å². The third-order valence-corrected chi connectivity index (χ3v) is 5.87. The highest BCUT2D eigenvalue weighted by Gasteiger charge is 2.43. The van der Waals surface area contributed by atoms with Crippen LogP contribution in [-0.2, 0) is 34.0 Å². The van der Waals surface area contributed by atoms with Gasteiger partial charge in [-0.05, 0) is 41.8 Å². The van der Waals surface area contributed by atoms with Crippen molar-refractivity contribution in [3.63, 3.8) is 0 Å². The van der Waals surface area contributed by atoms with Crippen molar-refractivity contribution in [1.82, 2.24) is 4.90 Å². The number of para-hydroxylation sites is 1. The number of fused-ring (bicyclic) bond motifs is 1. The second kappa shape index (κ2) is 7.49. The zero-order valence-electron chi connectivity index (χ0n) is 15.0. The minimum atomic E-state index is -5.07. The SMILES string of the molecule is O=C(N1CCc2ccc(S(=O)(=O)Nc3ccccc3C(F)(F)F)cc2C1)C(F)(F)F. The number of alkyl halides is 6. The van der Waals surface area contributed by atoms with Crippen LogP contribution in [0.1, 0.15) is 16.7 Å². The molecule has 0 saturated heterocycles. The number of carbonyl (C=O) groups is 1. The van der Waals surface area contributed by atoms with Gasteiger partial charge in [-0.15, -0.1) is 0 Å². The summed E-state index contributed by atoms with van der Waals surface area (Å²) in [6, 6.07) is 7.57. The highest BCUT2D eigenvalue weighted by Crippen LogP contribution is 2.35. The Bertz CT molecular complexity index is 1080. The Morgan fingerprint density at radius 2 is 1.63 bits per heavy atom. The van der Waals surface area contributed by atoms with E-state index < -0.39 is 51.0 Å². The monoisotopic (exact) mass is 452 g/mol. The fraction of sp³-hybridized carbons (Fsp3) is 0.278. The van der Waals surface area contributed by atoms with Crippen molar-refractivity contribution in [3.05, 3.63) is 59.2 Å². The summed E-state index contributed by atoms with van der Waals surface area (Å²) in [5.74, 6) is -2.04. The summed E-state index contributed by atoms with van der Waals surface area (Å²) < 4.78 is 104. The standard InChI is InChI=1S/C18H14F6N2O3S/c19-17(20,21)14-3-1-2-4-15(14)25-30(28,29)13-6-5-11-7-8-26(10-12(11)9-13)16(27)18(22,23)24/h1-6,9,25H,7-8,10H2. The van der Waals surface area contributed by atoms with Crippen LogP contribution in [-0.4, -0.2) is 31.9 Å². The number of nitrogens with zero attached hydrogens (tertiary/aromatic N) is 1.